The molecule has 130 valence electrons. The minimum absolute atomic E-state index is 0.00971. The van der Waals surface area contributed by atoms with Crippen LogP contribution in [0.4, 0.5) is 0 Å². The number of fused-ring (bicyclic) bond motifs is 1. The molecule has 1 aromatic carbocycles. The Morgan fingerprint density at radius 2 is 2.00 bits per heavy atom. The first-order valence-corrected chi connectivity index (χ1v) is 8.68. The second-order valence-electron chi connectivity index (χ2n) is 6.87. The SMILES string of the molecule is Cc1c(C(=O)N2CCC(c3nncn3C)CC2)oc2c(C)cccc12. The summed E-state index contributed by atoms with van der Waals surface area (Å²) in [5.74, 6) is 1.82. The molecule has 6 heteroatoms. The molecule has 2 aromatic heterocycles. The standard InChI is InChI=1S/C19H22N4O2/c1-12-5-4-6-15-13(2)17(25-16(12)15)19(24)23-9-7-14(8-10-23)18-21-20-11-22(18)3/h4-6,11,14H,7-10H2,1-3H3. The lowest BCUT2D eigenvalue weighted by molar-refractivity contribution is 0.0679. The molecule has 1 amide bonds. The zero-order chi connectivity index (χ0) is 17.6. The summed E-state index contributed by atoms with van der Waals surface area (Å²) in [7, 11) is 1.97. The van der Waals surface area contributed by atoms with E-state index in [2.05, 4.69) is 10.2 Å². The Hall–Kier alpha value is -2.63. The van der Waals surface area contributed by atoms with Crippen molar-refractivity contribution in [1.29, 1.82) is 0 Å². The molecule has 0 saturated carbocycles. The van der Waals surface area contributed by atoms with Crippen molar-refractivity contribution in [3.63, 3.8) is 0 Å². The fraction of sp³-hybridized carbons (Fsp3) is 0.421. The first kappa shape index (κ1) is 15.9. The van der Waals surface area contributed by atoms with Crippen LogP contribution in [0.25, 0.3) is 11.0 Å². The first-order valence-electron chi connectivity index (χ1n) is 8.68. The molecule has 0 N–H and O–H groups in total. The normalized spacial score (nSPS) is 15.9. The number of rotatable bonds is 2. The second-order valence-corrected chi connectivity index (χ2v) is 6.87. The Labute approximate surface area is 146 Å². The minimum atomic E-state index is -0.00971. The van der Waals surface area contributed by atoms with E-state index in [4.69, 9.17) is 4.42 Å². The molecule has 1 fully saturated rings. The number of carbonyl (C=O) groups excluding carboxylic acids is 1. The van der Waals surface area contributed by atoms with Crippen LogP contribution in [0.3, 0.4) is 0 Å². The molecule has 1 saturated heterocycles. The molecule has 0 atom stereocenters. The maximum absolute atomic E-state index is 13.0. The number of hydrogen-bond acceptors (Lipinski definition) is 4. The molecule has 1 aliphatic heterocycles. The fourth-order valence-electron chi connectivity index (χ4n) is 3.73. The third kappa shape index (κ3) is 2.62. The molecule has 3 heterocycles. The quantitative estimate of drug-likeness (QED) is 0.720. The van der Waals surface area contributed by atoms with Gasteiger partial charge in [0.2, 0.25) is 0 Å². The van der Waals surface area contributed by atoms with E-state index in [1.165, 1.54) is 0 Å². The van der Waals surface area contributed by atoms with Crippen LogP contribution in [0.1, 0.15) is 46.3 Å². The van der Waals surface area contributed by atoms with Crippen LogP contribution in [0.2, 0.25) is 0 Å². The third-order valence-corrected chi connectivity index (χ3v) is 5.25. The van der Waals surface area contributed by atoms with Gasteiger partial charge in [0.1, 0.15) is 17.7 Å². The summed E-state index contributed by atoms with van der Waals surface area (Å²) in [6.07, 6.45) is 3.53. The van der Waals surface area contributed by atoms with Crippen molar-refractivity contribution in [2.45, 2.75) is 32.6 Å². The number of aryl methyl sites for hydroxylation is 3. The molecule has 0 spiro atoms. The molecule has 25 heavy (non-hydrogen) atoms. The van der Waals surface area contributed by atoms with Gasteiger partial charge in [-0.05, 0) is 32.3 Å². The summed E-state index contributed by atoms with van der Waals surface area (Å²) in [5, 5.41) is 9.20. The van der Waals surface area contributed by atoms with Gasteiger partial charge in [-0.3, -0.25) is 4.79 Å². The van der Waals surface area contributed by atoms with Crippen LogP contribution in [-0.4, -0.2) is 38.7 Å². The van der Waals surface area contributed by atoms with Crippen LogP contribution in [0.15, 0.2) is 28.9 Å². The summed E-state index contributed by atoms with van der Waals surface area (Å²) < 4.78 is 7.91. The predicted molar refractivity (Wildman–Crippen MR) is 94.6 cm³/mol. The maximum atomic E-state index is 13.0. The lowest BCUT2D eigenvalue weighted by Gasteiger charge is -2.31. The average Bonchev–Trinajstić information content (AvgIpc) is 3.19. The molecular weight excluding hydrogens is 316 g/mol. The van der Waals surface area contributed by atoms with Gasteiger partial charge in [-0.1, -0.05) is 18.2 Å². The van der Waals surface area contributed by atoms with Crippen molar-refractivity contribution in [3.8, 4) is 0 Å². The van der Waals surface area contributed by atoms with Crippen molar-refractivity contribution in [3.05, 3.63) is 47.2 Å². The van der Waals surface area contributed by atoms with E-state index in [-0.39, 0.29) is 5.91 Å². The van der Waals surface area contributed by atoms with E-state index >= 15 is 0 Å². The minimum Gasteiger partial charge on any atom is -0.450 e. The van der Waals surface area contributed by atoms with E-state index in [9.17, 15) is 4.79 Å². The van der Waals surface area contributed by atoms with Crippen molar-refractivity contribution >= 4 is 16.9 Å². The molecular formula is C19H22N4O2. The Kier molecular flexibility index (Phi) is 3.82. The summed E-state index contributed by atoms with van der Waals surface area (Å²) >= 11 is 0. The lowest BCUT2D eigenvalue weighted by Crippen LogP contribution is -2.38. The van der Waals surface area contributed by atoms with Gasteiger partial charge in [0.15, 0.2) is 5.76 Å². The van der Waals surface area contributed by atoms with Gasteiger partial charge in [-0.2, -0.15) is 0 Å². The Bertz CT molecular complexity index is 932. The summed E-state index contributed by atoms with van der Waals surface area (Å²) in [5.41, 5.74) is 2.80. The Balaban J connectivity index is 1.54. The summed E-state index contributed by atoms with van der Waals surface area (Å²) in [6, 6.07) is 6.02. The highest BCUT2D eigenvalue weighted by Crippen LogP contribution is 2.31. The zero-order valence-electron chi connectivity index (χ0n) is 14.8. The van der Waals surface area contributed by atoms with E-state index in [0.29, 0.717) is 24.8 Å². The zero-order valence-corrected chi connectivity index (χ0v) is 14.8. The van der Waals surface area contributed by atoms with E-state index < -0.39 is 0 Å². The molecule has 3 aromatic rings. The number of benzene rings is 1. The highest BCUT2D eigenvalue weighted by Gasteiger charge is 2.29. The average molecular weight is 338 g/mol. The van der Waals surface area contributed by atoms with Crippen molar-refractivity contribution in [2.24, 2.45) is 7.05 Å². The number of furan rings is 1. The van der Waals surface area contributed by atoms with Gasteiger partial charge < -0.3 is 13.9 Å². The van der Waals surface area contributed by atoms with Crippen LogP contribution >= 0.6 is 0 Å². The highest BCUT2D eigenvalue weighted by atomic mass is 16.3. The van der Waals surface area contributed by atoms with E-state index in [1.54, 1.807) is 6.33 Å². The number of aromatic nitrogens is 3. The molecule has 0 bridgehead atoms. The number of amides is 1. The van der Waals surface area contributed by atoms with Gasteiger partial charge in [-0.25, -0.2) is 0 Å². The molecule has 4 rings (SSSR count). The number of likely N-dealkylation sites (tertiary alicyclic amines) is 1. The summed E-state index contributed by atoms with van der Waals surface area (Å²) in [4.78, 5) is 14.9. The van der Waals surface area contributed by atoms with Crippen molar-refractivity contribution < 1.29 is 9.21 Å². The monoisotopic (exact) mass is 338 g/mol. The van der Waals surface area contributed by atoms with Crippen LogP contribution in [0, 0.1) is 13.8 Å². The summed E-state index contributed by atoms with van der Waals surface area (Å²) in [6.45, 7) is 5.40. The lowest BCUT2D eigenvalue weighted by atomic mass is 9.95. The molecule has 0 aliphatic carbocycles. The number of para-hydroxylation sites is 1. The van der Waals surface area contributed by atoms with Crippen LogP contribution in [-0.2, 0) is 7.05 Å². The second kappa shape index (κ2) is 6.02. The van der Waals surface area contributed by atoms with E-state index in [1.807, 2.05) is 48.6 Å². The number of hydrogen-bond donors (Lipinski definition) is 0. The Morgan fingerprint density at radius 3 is 2.64 bits per heavy atom. The van der Waals surface area contributed by atoms with Gasteiger partial charge in [0, 0.05) is 37.0 Å². The molecule has 0 radical (unpaired) electrons. The first-order chi connectivity index (χ1) is 12.1. The van der Waals surface area contributed by atoms with Gasteiger partial charge in [-0.15, -0.1) is 10.2 Å². The smallest absolute Gasteiger partial charge is 0.289 e. The fourth-order valence-corrected chi connectivity index (χ4v) is 3.73. The van der Waals surface area contributed by atoms with Gasteiger partial charge >= 0.3 is 0 Å². The maximum Gasteiger partial charge on any atom is 0.289 e. The highest BCUT2D eigenvalue weighted by molar-refractivity contribution is 5.99. The van der Waals surface area contributed by atoms with Gasteiger partial charge in [0.25, 0.3) is 5.91 Å². The largest absolute Gasteiger partial charge is 0.450 e. The van der Waals surface area contributed by atoms with Gasteiger partial charge in [0.05, 0.1) is 0 Å². The number of nitrogens with zero attached hydrogens (tertiary/aromatic N) is 4. The van der Waals surface area contributed by atoms with Crippen LogP contribution in [0.5, 0.6) is 0 Å². The third-order valence-electron chi connectivity index (χ3n) is 5.25. The van der Waals surface area contributed by atoms with Crippen LogP contribution < -0.4 is 0 Å². The topological polar surface area (TPSA) is 64.2 Å². The van der Waals surface area contributed by atoms with E-state index in [0.717, 1.165) is 40.8 Å². The van der Waals surface area contributed by atoms with Crippen molar-refractivity contribution in [2.75, 3.05) is 13.1 Å². The molecule has 6 nitrogen and oxygen atoms in total. The Morgan fingerprint density at radius 1 is 1.24 bits per heavy atom. The number of piperidine rings is 1. The molecule has 1 aliphatic rings. The number of carbonyl (C=O) groups is 1. The van der Waals surface area contributed by atoms with Crippen molar-refractivity contribution in [1.82, 2.24) is 19.7 Å². The predicted octanol–water partition coefficient (Wildman–Crippen LogP) is 3.20. The molecule has 0 unspecified atom stereocenters.